The van der Waals surface area contributed by atoms with Crippen molar-refractivity contribution < 1.29 is 14.7 Å². The summed E-state index contributed by atoms with van der Waals surface area (Å²) in [4.78, 5) is 29.4. The van der Waals surface area contributed by atoms with E-state index in [0.717, 1.165) is 25.7 Å². The van der Waals surface area contributed by atoms with Gasteiger partial charge < -0.3 is 20.6 Å². The van der Waals surface area contributed by atoms with Gasteiger partial charge in [0.25, 0.3) is 5.91 Å². The molecule has 0 unspecified atom stereocenters. The van der Waals surface area contributed by atoms with Crippen LogP contribution in [0.4, 0.5) is 10.5 Å². The Bertz CT molecular complexity index is 553. The van der Waals surface area contributed by atoms with Crippen molar-refractivity contribution in [2.45, 2.75) is 31.2 Å². The number of nitrogens with zero attached hydrogens (tertiary/aromatic N) is 2. The van der Waals surface area contributed by atoms with E-state index in [0.29, 0.717) is 5.69 Å². The van der Waals surface area contributed by atoms with Crippen molar-refractivity contribution in [2.24, 2.45) is 0 Å². The van der Waals surface area contributed by atoms with Crippen LogP contribution in [0, 0.1) is 0 Å². The van der Waals surface area contributed by atoms with Gasteiger partial charge in [0, 0.05) is 26.0 Å². The molecule has 1 saturated carbocycles. The van der Waals surface area contributed by atoms with E-state index in [-0.39, 0.29) is 24.2 Å². The van der Waals surface area contributed by atoms with Crippen LogP contribution in [0.2, 0.25) is 0 Å². The van der Waals surface area contributed by atoms with Crippen molar-refractivity contribution in [1.29, 1.82) is 0 Å². The molecule has 3 amide bonds. The van der Waals surface area contributed by atoms with E-state index in [4.69, 9.17) is 0 Å². The number of hydrogen-bond donors (Lipinski definition) is 3. The van der Waals surface area contributed by atoms with E-state index in [9.17, 15) is 14.7 Å². The van der Waals surface area contributed by atoms with Crippen LogP contribution in [-0.4, -0.2) is 53.2 Å². The summed E-state index contributed by atoms with van der Waals surface area (Å²) in [6, 6.07) is 2.76. The highest BCUT2D eigenvalue weighted by Crippen LogP contribution is 2.29. The van der Waals surface area contributed by atoms with Gasteiger partial charge >= 0.3 is 6.03 Å². The Balaban J connectivity index is 2.02. The standard InChI is InChI=1S/C15H22N4O3/c1-19(2)13(21)12-9-11(5-8-16-12)17-14(22)18-15(10-20)6-3-4-7-15/h5,8-9,20H,3-4,6-7,10H2,1-2H3,(H2,16,17,18,22). The molecule has 120 valence electrons. The highest BCUT2D eigenvalue weighted by molar-refractivity contribution is 5.95. The van der Waals surface area contributed by atoms with Gasteiger partial charge in [0.1, 0.15) is 5.69 Å². The molecule has 0 saturated heterocycles. The van der Waals surface area contributed by atoms with Gasteiger partial charge in [-0.05, 0) is 25.0 Å². The van der Waals surface area contributed by atoms with Gasteiger partial charge in [-0.3, -0.25) is 9.78 Å². The van der Waals surface area contributed by atoms with Crippen LogP contribution >= 0.6 is 0 Å². The highest BCUT2D eigenvalue weighted by atomic mass is 16.3. The van der Waals surface area contributed by atoms with E-state index in [1.165, 1.54) is 17.2 Å². The molecule has 0 bridgehead atoms. The Labute approximate surface area is 129 Å². The summed E-state index contributed by atoms with van der Waals surface area (Å²) in [6.07, 6.45) is 5.02. The largest absolute Gasteiger partial charge is 0.394 e. The zero-order valence-corrected chi connectivity index (χ0v) is 12.9. The monoisotopic (exact) mass is 306 g/mol. The van der Waals surface area contributed by atoms with Crippen molar-refractivity contribution in [3.63, 3.8) is 0 Å². The molecule has 0 spiro atoms. The Morgan fingerprint density at radius 2 is 2.05 bits per heavy atom. The number of aliphatic hydroxyl groups is 1. The van der Waals surface area contributed by atoms with Crippen molar-refractivity contribution in [2.75, 3.05) is 26.0 Å². The number of nitrogens with one attached hydrogen (secondary N) is 2. The average molecular weight is 306 g/mol. The van der Waals surface area contributed by atoms with Gasteiger partial charge in [0.15, 0.2) is 0 Å². The first-order valence-corrected chi connectivity index (χ1v) is 7.33. The van der Waals surface area contributed by atoms with Gasteiger partial charge in [-0.1, -0.05) is 12.8 Å². The minimum atomic E-state index is -0.528. The van der Waals surface area contributed by atoms with Crippen molar-refractivity contribution >= 4 is 17.6 Å². The minimum Gasteiger partial charge on any atom is -0.394 e. The van der Waals surface area contributed by atoms with E-state index in [2.05, 4.69) is 15.6 Å². The number of pyridine rings is 1. The van der Waals surface area contributed by atoms with Crippen LogP contribution in [0.3, 0.4) is 0 Å². The molecule has 1 aromatic rings. The quantitative estimate of drug-likeness (QED) is 0.779. The molecule has 1 heterocycles. The number of hydrogen-bond acceptors (Lipinski definition) is 4. The summed E-state index contributed by atoms with van der Waals surface area (Å²) >= 11 is 0. The zero-order chi connectivity index (χ0) is 16.2. The second kappa shape index (κ2) is 6.74. The minimum absolute atomic E-state index is 0.0683. The molecule has 7 heteroatoms. The normalized spacial score (nSPS) is 16.1. The van der Waals surface area contributed by atoms with Gasteiger partial charge in [-0.2, -0.15) is 0 Å². The second-order valence-electron chi connectivity index (χ2n) is 5.85. The second-order valence-corrected chi connectivity index (χ2v) is 5.85. The third kappa shape index (κ3) is 3.73. The summed E-state index contributed by atoms with van der Waals surface area (Å²) in [5.41, 5.74) is 0.226. The van der Waals surface area contributed by atoms with Gasteiger partial charge in [-0.25, -0.2) is 4.79 Å². The van der Waals surface area contributed by atoms with Crippen molar-refractivity contribution in [1.82, 2.24) is 15.2 Å². The lowest BCUT2D eigenvalue weighted by Gasteiger charge is -2.28. The molecular formula is C15H22N4O3. The lowest BCUT2D eigenvalue weighted by atomic mass is 9.99. The summed E-state index contributed by atoms with van der Waals surface area (Å²) < 4.78 is 0. The van der Waals surface area contributed by atoms with Crippen LogP contribution in [-0.2, 0) is 0 Å². The molecule has 22 heavy (non-hydrogen) atoms. The molecule has 0 aliphatic heterocycles. The van der Waals surface area contributed by atoms with Crippen LogP contribution in [0.1, 0.15) is 36.2 Å². The lowest BCUT2D eigenvalue weighted by molar-refractivity contribution is 0.0822. The van der Waals surface area contributed by atoms with Crippen LogP contribution in [0.25, 0.3) is 0 Å². The first-order valence-electron chi connectivity index (χ1n) is 7.33. The molecule has 3 N–H and O–H groups in total. The van der Waals surface area contributed by atoms with Gasteiger partial charge in [0.05, 0.1) is 12.1 Å². The van der Waals surface area contributed by atoms with Crippen LogP contribution in [0.15, 0.2) is 18.3 Å². The van der Waals surface area contributed by atoms with E-state index >= 15 is 0 Å². The Morgan fingerprint density at radius 3 is 2.64 bits per heavy atom. The summed E-state index contributed by atoms with van der Waals surface area (Å²) in [5.74, 6) is -0.230. The van der Waals surface area contributed by atoms with Crippen molar-refractivity contribution in [3.8, 4) is 0 Å². The first kappa shape index (κ1) is 16.2. The summed E-state index contributed by atoms with van der Waals surface area (Å²) in [7, 11) is 3.28. The number of anilines is 1. The maximum Gasteiger partial charge on any atom is 0.319 e. The third-order valence-electron chi connectivity index (χ3n) is 3.89. The van der Waals surface area contributed by atoms with E-state index in [1.807, 2.05) is 0 Å². The fourth-order valence-corrected chi connectivity index (χ4v) is 2.63. The molecule has 1 aliphatic rings. The highest BCUT2D eigenvalue weighted by Gasteiger charge is 2.34. The van der Waals surface area contributed by atoms with Gasteiger partial charge in [0.2, 0.25) is 0 Å². The lowest BCUT2D eigenvalue weighted by Crippen LogP contribution is -2.50. The smallest absolute Gasteiger partial charge is 0.319 e. The maximum absolute atomic E-state index is 12.1. The molecule has 0 aromatic carbocycles. The molecule has 7 nitrogen and oxygen atoms in total. The average Bonchev–Trinajstić information content (AvgIpc) is 2.95. The first-order chi connectivity index (χ1) is 10.5. The number of aliphatic hydroxyl groups excluding tert-OH is 1. The Kier molecular flexibility index (Phi) is 4.97. The van der Waals surface area contributed by atoms with E-state index < -0.39 is 5.54 Å². The number of urea groups is 1. The fourth-order valence-electron chi connectivity index (χ4n) is 2.63. The zero-order valence-electron chi connectivity index (χ0n) is 12.9. The number of aromatic nitrogens is 1. The van der Waals surface area contributed by atoms with Crippen LogP contribution in [0.5, 0.6) is 0 Å². The molecule has 1 fully saturated rings. The molecule has 1 aromatic heterocycles. The number of amides is 3. The summed E-state index contributed by atoms with van der Waals surface area (Å²) in [5, 5.41) is 15.0. The topological polar surface area (TPSA) is 94.6 Å². The molecule has 0 radical (unpaired) electrons. The SMILES string of the molecule is CN(C)C(=O)c1cc(NC(=O)NC2(CO)CCCC2)ccn1. The molecule has 2 rings (SSSR count). The maximum atomic E-state index is 12.1. The third-order valence-corrected chi connectivity index (χ3v) is 3.89. The van der Waals surface area contributed by atoms with Gasteiger partial charge in [-0.15, -0.1) is 0 Å². The predicted molar refractivity (Wildman–Crippen MR) is 82.7 cm³/mol. The Morgan fingerprint density at radius 1 is 1.36 bits per heavy atom. The fraction of sp³-hybridized carbons (Fsp3) is 0.533. The molecule has 1 aliphatic carbocycles. The van der Waals surface area contributed by atoms with Crippen LogP contribution < -0.4 is 10.6 Å². The molecular weight excluding hydrogens is 284 g/mol. The predicted octanol–water partition coefficient (Wildman–Crippen LogP) is 1.21. The van der Waals surface area contributed by atoms with E-state index in [1.54, 1.807) is 20.2 Å². The number of rotatable bonds is 4. The molecule has 0 atom stereocenters. The van der Waals surface area contributed by atoms with Crippen molar-refractivity contribution in [3.05, 3.63) is 24.0 Å². The number of carbonyl (C=O) groups excluding carboxylic acids is 2. The number of carbonyl (C=O) groups is 2. The Hall–Kier alpha value is -2.15. The summed E-state index contributed by atoms with van der Waals surface area (Å²) in [6.45, 7) is -0.0683.